The third-order valence-corrected chi connectivity index (χ3v) is 6.33. The largest absolute Gasteiger partial charge is 0.366 e. The lowest BCUT2D eigenvalue weighted by Gasteiger charge is -2.47. The number of hydrogen-bond donors (Lipinski definition) is 0. The molecule has 0 fully saturated rings. The average Bonchev–Trinajstić information content (AvgIpc) is 2.63. The average molecular weight is 458 g/mol. The number of nitriles is 1. The molecule has 146 valence electrons. The molecular weight excluding hydrogens is 432 g/mol. The van der Waals surface area contributed by atoms with Crippen LogP contribution in [0.25, 0.3) is 11.6 Å². The summed E-state index contributed by atoms with van der Waals surface area (Å²) in [5, 5.41) is 10.4. The molecule has 0 N–H and O–H groups in total. The Morgan fingerprint density at radius 1 is 1.36 bits per heavy atom. The van der Waals surface area contributed by atoms with Gasteiger partial charge >= 0.3 is 0 Å². The van der Waals surface area contributed by atoms with Crippen LogP contribution in [0.5, 0.6) is 0 Å². The highest BCUT2D eigenvalue weighted by Gasteiger charge is 2.36. The Kier molecular flexibility index (Phi) is 6.22. The molecular formula is C24H26BrClN2. The number of nitrogens with zero attached hydrogens (tertiary/aromatic N) is 2. The lowest BCUT2D eigenvalue weighted by molar-refractivity contribution is 0.376. The van der Waals surface area contributed by atoms with E-state index in [0.717, 1.165) is 35.0 Å². The minimum absolute atomic E-state index is 0.108. The van der Waals surface area contributed by atoms with Crippen molar-refractivity contribution in [3.05, 3.63) is 62.6 Å². The van der Waals surface area contributed by atoms with E-state index in [9.17, 15) is 5.26 Å². The van der Waals surface area contributed by atoms with Crippen molar-refractivity contribution in [2.45, 2.75) is 52.0 Å². The summed E-state index contributed by atoms with van der Waals surface area (Å²) in [7, 11) is 0. The van der Waals surface area contributed by atoms with E-state index in [1.54, 1.807) is 0 Å². The summed E-state index contributed by atoms with van der Waals surface area (Å²) in [6, 6.07) is 14.4. The van der Waals surface area contributed by atoms with E-state index < -0.39 is 0 Å². The van der Waals surface area contributed by atoms with Gasteiger partial charge in [-0.05, 0) is 79.6 Å². The van der Waals surface area contributed by atoms with Crippen molar-refractivity contribution in [3.63, 3.8) is 0 Å². The van der Waals surface area contributed by atoms with E-state index in [0.29, 0.717) is 16.5 Å². The van der Waals surface area contributed by atoms with Gasteiger partial charge in [-0.15, -0.1) is 0 Å². The molecule has 2 nitrogen and oxygen atoms in total. The van der Waals surface area contributed by atoms with Crippen LogP contribution >= 0.6 is 27.5 Å². The topological polar surface area (TPSA) is 27.0 Å². The fraction of sp³-hybridized carbons (Fsp3) is 0.375. The molecule has 0 saturated heterocycles. The Morgan fingerprint density at radius 2 is 2.11 bits per heavy atom. The first-order valence-electron chi connectivity index (χ1n) is 9.75. The van der Waals surface area contributed by atoms with Crippen molar-refractivity contribution in [1.29, 1.82) is 5.26 Å². The normalized spacial score (nSPS) is 18.5. The van der Waals surface area contributed by atoms with Crippen LogP contribution in [0.1, 0.15) is 63.1 Å². The van der Waals surface area contributed by atoms with Gasteiger partial charge in [0.1, 0.15) is 0 Å². The fourth-order valence-electron chi connectivity index (χ4n) is 4.27. The number of benzene rings is 2. The molecule has 2 aromatic carbocycles. The van der Waals surface area contributed by atoms with Crippen LogP contribution in [0.2, 0.25) is 5.02 Å². The van der Waals surface area contributed by atoms with Gasteiger partial charge in [0.05, 0.1) is 11.6 Å². The Balaban J connectivity index is 2.10. The predicted octanol–water partition coefficient (Wildman–Crippen LogP) is 7.67. The molecule has 0 aromatic heterocycles. The monoisotopic (exact) mass is 456 g/mol. The highest BCUT2D eigenvalue weighted by atomic mass is 79.9. The molecule has 0 saturated carbocycles. The van der Waals surface area contributed by atoms with Crippen molar-refractivity contribution in [2.24, 2.45) is 0 Å². The number of anilines is 1. The summed E-state index contributed by atoms with van der Waals surface area (Å²) in [6.07, 6.45) is 4.10. The number of halogens is 2. The predicted molar refractivity (Wildman–Crippen MR) is 124 cm³/mol. The lowest BCUT2D eigenvalue weighted by Crippen LogP contribution is -2.48. The van der Waals surface area contributed by atoms with Gasteiger partial charge in [0.15, 0.2) is 0 Å². The summed E-state index contributed by atoms with van der Waals surface area (Å²) < 4.78 is 0.953. The minimum Gasteiger partial charge on any atom is -0.366 e. The lowest BCUT2D eigenvalue weighted by atomic mass is 9.79. The minimum atomic E-state index is 0.108. The van der Waals surface area contributed by atoms with Crippen LogP contribution in [0.3, 0.4) is 0 Å². The second-order valence-electron chi connectivity index (χ2n) is 8.18. The zero-order chi connectivity index (χ0) is 20.5. The van der Waals surface area contributed by atoms with E-state index in [4.69, 9.17) is 11.6 Å². The van der Waals surface area contributed by atoms with Gasteiger partial charge < -0.3 is 4.90 Å². The van der Waals surface area contributed by atoms with Gasteiger partial charge in [-0.25, -0.2) is 0 Å². The first kappa shape index (κ1) is 21.0. The maximum atomic E-state index is 9.71. The third kappa shape index (κ3) is 4.14. The Morgan fingerprint density at radius 3 is 2.75 bits per heavy atom. The van der Waals surface area contributed by atoms with Crippen molar-refractivity contribution >= 4 is 44.9 Å². The van der Waals surface area contributed by atoms with Gasteiger partial charge in [-0.3, -0.25) is 0 Å². The number of fused-ring (bicyclic) bond motifs is 1. The highest BCUT2D eigenvalue weighted by Crippen LogP contribution is 2.45. The Labute approximate surface area is 181 Å². The third-order valence-electron chi connectivity index (χ3n) is 5.51. The number of hydrogen-bond acceptors (Lipinski definition) is 2. The van der Waals surface area contributed by atoms with Crippen LogP contribution in [0.15, 0.2) is 40.9 Å². The molecule has 28 heavy (non-hydrogen) atoms. The van der Waals surface area contributed by atoms with Crippen molar-refractivity contribution in [1.82, 2.24) is 0 Å². The summed E-state index contributed by atoms with van der Waals surface area (Å²) >= 11 is 10.2. The maximum Gasteiger partial charge on any atom is 0.0998 e. The quantitative estimate of drug-likeness (QED) is 0.348. The van der Waals surface area contributed by atoms with E-state index in [2.05, 4.69) is 66.7 Å². The molecule has 0 aliphatic carbocycles. The van der Waals surface area contributed by atoms with Crippen LogP contribution in [-0.4, -0.2) is 12.1 Å². The van der Waals surface area contributed by atoms with Crippen molar-refractivity contribution in [2.75, 3.05) is 11.4 Å². The summed E-state index contributed by atoms with van der Waals surface area (Å²) in [4.78, 5) is 2.49. The van der Waals surface area contributed by atoms with Gasteiger partial charge in [0.2, 0.25) is 0 Å². The Hall–Kier alpha value is -1.76. The zero-order valence-corrected chi connectivity index (χ0v) is 19.2. The second-order valence-corrected chi connectivity index (χ2v) is 9.50. The van der Waals surface area contributed by atoms with E-state index in [1.807, 2.05) is 30.3 Å². The highest BCUT2D eigenvalue weighted by molar-refractivity contribution is 9.10. The van der Waals surface area contributed by atoms with Gasteiger partial charge in [0, 0.05) is 27.3 Å². The molecule has 0 amide bonds. The molecule has 3 rings (SSSR count). The number of allylic oxidation sites excluding steroid dienone is 1. The smallest absolute Gasteiger partial charge is 0.0998 e. The molecule has 2 aromatic rings. The van der Waals surface area contributed by atoms with E-state index in [-0.39, 0.29) is 5.54 Å². The van der Waals surface area contributed by atoms with Gasteiger partial charge in [0.25, 0.3) is 0 Å². The first-order chi connectivity index (χ1) is 13.3. The van der Waals surface area contributed by atoms with Crippen LogP contribution in [0.4, 0.5) is 5.69 Å². The van der Waals surface area contributed by atoms with Gasteiger partial charge in [-0.2, -0.15) is 5.26 Å². The number of rotatable bonds is 4. The van der Waals surface area contributed by atoms with Gasteiger partial charge in [-0.1, -0.05) is 53.5 Å². The van der Waals surface area contributed by atoms with Crippen LogP contribution < -0.4 is 4.90 Å². The Bertz CT molecular complexity index is 956. The zero-order valence-electron chi connectivity index (χ0n) is 16.9. The summed E-state index contributed by atoms with van der Waals surface area (Å²) in [5.74, 6) is 0.443. The summed E-state index contributed by atoms with van der Waals surface area (Å²) in [5.41, 5.74) is 5.05. The molecule has 0 bridgehead atoms. The van der Waals surface area contributed by atoms with Crippen LogP contribution in [0, 0.1) is 11.3 Å². The molecule has 1 atom stereocenters. The molecule has 1 aliphatic rings. The van der Waals surface area contributed by atoms with E-state index >= 15 is 0 Å². The molecule has 1 unspecified atom stereocenters. The van der Waals surface area contributed by atoms with Crippen LogP contribution in [-0.2, 0) is 0 Å². The fourth-order valence-corrected chi connectivity index (χ4v) is 4.88. The summed E-state index contributed by atoms with van der Waals surface area (Å²) in [6.45, 7) is 10.1. The molecule has 0 radical (unpaired) electrons. The van der Waals surface area contributed by atoms with Crippen molar-refractivity contribution < 1.29 is 0 Å². The molecule has 1 aliphatic heterocycles. The SMILES string of the molecule is CCCN1c2cc(Cl)c(/C=C(\C#N)c3cccc(Br)c3)cc2C(C)CC1(C)C. The standard InChI is InChI=1S/C24H26BrClN2/c1-5-9-28-23-13-22(26)18(12-21(23)16(2)14-24(28,3)4)10-19(15-27)17-7-6-8-20(25)11-17/h6-8,10-13,16H,5,9,14H2,1-4H3/b19-10+. The molecule has 0 spiro atoms. The van der Waals surface area contributed by atoms with Crippen molar-refractivity contribution in [3.8, 4) is 6.07 Å². The second kappa shape index (κ2) is 8.31. The molecule has 4 heteroatoms. The first-order valence-corrected chi connectivity index (χ1v) is 10.9. The maximum absolute atomic E-state index is 9.71. The van der Waals surface area contributed by atoms with E-state index in [1.165, 1.54) is 11.3 Å². The molecule has 1 heterocycles.